The number of halogens is 2. The van der Waals surface area contributed by atoms with Crippen LogP contribution in [0.2, 0.25) is 0 Å². The number of hydrogen-bond donors (Lipinski definition) is 3. The summed E-state index contributed by atoms with van der Waals surface area (Å²) in [4.78, 5) is 25.4. The molecule has 3 N–H and O–H groups in total. The molecule has 38 heavy (non-hydrogen) atoms. The average Bonchev–Trinajstić information content (AvgIpc) is 2.98. The molecular formula is C24H31F2N2O9P. The molecule has 1 saturated heterocycles. The maximum atomic E-state index is 16.1. The van der Waals surface area contributed by atoms with E-state index < -0.39 is 73.2 Å². The minimum atomic E-state index is -5.14. The maximum Gasteiger partial charge on any atom is 0.530 e. The van der Waals surface area contributed by atoms with Gasteiger partial charge in [0.05, 0.1) is 16.3 Å². The molecule has 0 bridgehead atoms. The molecule has 1 aromatic carbocycles. The number of hydrogen-bond acceptors (Lipinski definition) is 9. The SMILES string of the molecule is [2H]C([2H])(OP1(=O)OCc2c(F)c(C(C)(C)C)cc(C(C)(C)C)c2O1)[C@@]1(F)O[C@@]([2H])(n2ccc(=O)[nH]c2=O)[C@H](O)[C@@H]1O. The van der Waals surface area contributed by atoms with Crippen molar-refractivity contribution in [2.45, 2.75) is 83.2 Å². The minimum absolute atomic E-state index is 0.122. The van der Waals surface area contributed by atoms with Crippen molar-refractivity contribution in [3.63, 3.8) is 0 Å². The van der Waals surface area contributed by atoms with Crippen molar-refractivity contribution in [1.29, 1.82) is 0 Å². The van der Waals surface area contributed by atoms with Crippen molar-refractivity contribution in [3.05, 3.63) is 61.7 Å². The number of alkyl halides is 1. The summed E-state index contributed by atoms with van der Waals surface area (Å²) in [6.07, 6.45) is -8.07. The Kier molecular flexibility index (Phi) is 6.06. The van der Waals surface area contributed by atoms with Crippen LogP contribution in [0.3, 0.4) is 0 Å². The molecule has 2 aromatic rings. The van der Waals surface area contributed by atoms with Gasteiger partial charge in [0.25, 0.3) is 11.4 Å². The van der Waals surface area contributed by atoms with E-state index in [2.05, 4.69) is 0 Å². The summed E-state index contributed by atoms with van der Waals surface area (Å²) in [5, 5.41) is 20.9. The monoisotopic (exact) mass is 563 g/mol. The highest BCUT2D eigenvalue weighted by Crippen LogP contribution is 2.58. The number of aromatic nitrogens is 2. The van der Waals surface area contributed by atoms with E-state index in [1.165, 1.54) is 6.07 Å². The largest absolute Gasteiger partial charge is 0.530 e. The van der Waals surface area contributed by atoms with Gasteiger partial charge in [0.1, 0.15) is 30.3 Å². The van der Waals surface area contributed by atoms with Crippen molar-refractivity contribution in [1.82, 2.24) is 9.55 Å². The number of benzene rings is 1. The molecular weight excluding hydrogens is 529 g/mol. The predicted molar refractivity (Wildman–Crippen MR) is 130 cm³/mol. The summed E-state index contributed by atoms with van der Waals surface area (Å²) in [7, 11) is -5.14. The van der Waals surface area contributed by atoms with Crippen molar-refractivity contribution in [2.75, 3.05) is 6.56 Å². The van der Waals surface area contributed by atoms with E-state index in [0.717, 1.165) is 6.07 Å². The quantitative estimate of drug-likeness (QED) is 0.478. The van der Waals surface area contributed by atoms with Crippen molar-refractivity contribution >= 4 is 7.82 Å². The lowest BCUT2D eigenvalue weighted by Gasteiger charge is -2.34. The van der Waals surface area contributed by atoms with Crippen molar-refractivity contribution in [3.8, 4) is 5.75 Å². The Morgan fingerprint density at radius 1 is 1.26 bits per heavy atom. The smallest absolute Gasteiger partial charge is 0.403 e. The third-order valence-corrected chi connectivity index (χ3v) is 7.20. The first kappa shape index (κ1) is 24.6. The molecule has 11 nitrogen and oxygen atoms in total. The standard InChI is InChI=1S/C24H31F2N2O9P/c1-22(2,3)13-9-14(23(4,5)6)18-12(16(13)25)10-34-38(33,37-18)35-11-24(26)19(31)17(30)20(36-24)28-8-7-15(29)27-21(28)32/h7-9,17,19-20,30-31H,10-11H2,1-6H3,(H,27,29,32)/t17-,19+,20-,24-,38?/m1/s1/i11D2,20D. The van der Waals surface area contributed by atoms with Crippen LogP contribution in [0.4, 0.5) is 8.78 Å². The number of phosphoric acid groups is 1. The molecule has 0 radical (unpaired) electrons. The summed E-state index contributed by atoms with van der Waals surface area (Å²) < 4.78 is 90.3. The van der Waals surface area contributed by atoms with Crippen molar-refractivity contribution in [2.24, 2.45) is 0 Å². The normalized spacial score (nSPS) is 33.2. The van der Waals surface area contributed by atoms with Crippen LogP contribution in [-0.4, -0.2) is 44.4 Å². The second-order valence-corrected chi connectivity index (χ2v) is 12.6. The molecule has 14 heteroatoms. The van der Waals surface area contributed by atoms with Crippen LogP contribution in [0.1, 0.15) is 68.5 Å². The summed E-state index contributed by atoms with van der Waals surface area (Å²) >= 11 is 0. The Bertz CT molecular complexity index is 1550. The van der Waals surface area contributed by atoms with E-state index in [0.29, 0.717) is 17.3 Å². The molecule has 4 rings (SSSR count). The molecule has 1 aromatic heterocycles. The third kappa shape index (κ3) is 5.11. The highest BCUT2D eigenvalue weighted by molar-refractivity contribution is 7.49. The summed E-state index contributed by atoms with van der Waals surface area (Å²) in [6, 6.07) is 2.26. The van der Waals surface area contributed by atoms with Crippen LogP contribution in [0.25, 0.3) is 0 Å². The molecule has 1 unspecified atom stereocenters. The number of aromatic amines is 1. The van der Waals surface area contributed by atoms with Crippen molar-refractivity contribution < 1.29 is 46.0 Å². The Labute approximate surface area is 221 Å². The zero-order valence-corrected chi connectivity index (χ0v) is 22.4. The number of aliphatic hydroxyl groups excluding tert-OH is 2. The summed E-state index contributed by atoms with van der Waals surface area (Å²) in [5.74, 6) is -5.12. The lowest BCUT2D eigenvalue weighted by atomic mass is 9.78. The van der Waals surface area contributed by atoms with Crippen LogP contribution in [0.5, 0.6) is 5.75 Å². The molecule has 2 aliphatic rings. The number of nitrogens with zero attached hydrogens (tertiary/aromatic N) is 1. The second kappa shape index (κ2) is 9.35. The van der Waals surface area contributed by atoms with Crippen LogP contribution in [0, 0.1) is 5.82 Å². The van der Waals surface area contributed by atoms with Gasteiger partial charge in [-0.3, -0.25) is 23.4 Å². The minimum Gasteiger partial charge on any atom is -0.403 e. The van der Waals surface area contributed by atoms with Gasteiger partial charge in [-0.05, 0) is 22.5 Å². The highest BCUT2D eigenvalue weighted by atomic mass is 31.2. The van der Waals surface area contributed by atoms with Crippen LogP contribution in [-0.2, 0) is 35.8 Å². The number of ether oxygens (including phenoxy) is 1. The highest BCUT2D eigenvalue weighted by Gasteiger charge is 2.58. The topological polar surface area (TPSA) is 149 Å². The molecule has 210 valence electrons. The van der Waals surface area contributed by atoms with Gasteiger partial charge in [-0.25, -0.2) is 18.1 Å². The molecule has 5 atom stereocenters. The van der Waals surface area contributed by atoms with E-state index in [1.54, 1.807) is 46.5 Å². The fraction of sp³-hybridized carbons (Fsp3) is 0.583. The Morgan fingerprint density at radius 2 is 1.89 bits per heavy atom. The average molecular weight is 564 g/mol. The lowest BCUT2D eigenvalue weighted by molar-refractivity contribution is -0.205. The number of H-pyrrole nitrogens is 1. The van der Waals surface area contributed by atoms with Gasteiger partial charge >= 0.3 is 13.5 Å². The summed E-state index contributed by atoms with van der Waals surface area (Å²) in [6.45, 7) is 5.97. The molecule has 0 amide bonds. The van der Waals surface area contributed by atoms with Gasteiger partial charge in [-0.1, -0.05) is 41.5 Å². The number of phosphoric ester groups is 1. The molecule has 2 aliphatic heterocycles. The zero-order valence-electron chi connectivity index (χ0n) is 24.5. The number of rotatable bonds is 4. The Balaban J connectivity index is 1.73. The third-order valence-electron chi connectivity index (χ3n) is 6.04. The number of fused-ring (bicyclic) bond motifs is 1. The molecule has 0 aliphatic carbocycles. The zero-order chi connectivity index (χ0) is 31.1. The first-order valence-corrected chi connectivity index (χ1v) is 13.0. The van der Waals surface area contributed by atoms with Crippen LogP contribution >= 0.6 is 7.82 Å². The fourth-order valence-electron chi connectivity index (χ4n) is 3.95. The lowest BCUT2D eigenvalue weighted by Crippen LogP contribution is -2.43. The first-order valence-electron chi connectivity index (χ1n) is 13.1. The van der Waals surface area contributed by atoms with Crippen LogP contribution < -0.4 is 15.8 Å². The Hall–Kier alpha value is -2.41. The maximum absolute atomic E-state index is 16.1. The van der Waals surface area contributed by atoms with Gasteiger partial charge in [0, 0.05) is 17.8 Å². The Morgan fingerprint density at radius 3 is 2.47 bits per heavy atom. The predicted octanol–water partition coefficient (Wildman–Crippen LogP) is 2.92. The molecule has 0 spiro atoms. The van der Waals surface area contributed by atoms with Gasteiger partial charge in [0.15, 0.2) is 6.20 Å². The van der Waals surface area contributed by atoms with E-state index in [-0.39, 0.29) is 15.9 Å². The molecule has 3 heterocycles. The van der Waals surface area contributed by atoms with Gasteiger partial charge in [-0.2, -0.15) is 0 Å². The summed E-state index contributed by atoms with van der Waals surface area (Å²) in [5.41, 5.74) is -3.06. The van der Waals surface area contributed by atoms with E-state index >= 15 is 8.78 Å². The fourth-order valence-corrected chi connectivity index (χ4v) is 5.05. The second-order valence-electron chi connectivity index (χ2n) is 11.1. The number of aliphatic hydroxyl groups is 2. The first-order chi connectivity index (χ1) is 18.5. The van der Waals surface area contributed by atoms with Gasteiger partial charge < -0.3 is 19.5 Å². The van der Waals surface area contributed by atoms with E-state index in [9.17, 15) is 24.4 Å². The molecule has 1 fully saturated rings. The van der Waals surface area contributed by atoms with E-state index in [1.807, 2.05) is 0 Å². The van der Waals surface area contributed by atoms with Crippen LogP contribution in [0.15, 0.2) is 27.9 Å². The van der Waals surface area contributed by atoms with Gasteiger partial charge in [0.2, 0.25) is 0 Å². The number of nitrogens with one attached hydrogen (secondary N) is 1. The van der Waals surface area contributed by atoms with E-state index in [4.69, 9.17) is 22.4 Å². The molecule has 0 saturated carbocycles. The van der Waals surface area contributed by atoms with Gasteiger partial charge in [-0.15, -0.1) is 0 Å².